The molecule has 0 saturated carbocycles. The van der Waals surface area contributed by atoms with Crippen molar-refractivity contribution in [3.63, 3.8) is 0 Å². The minimum Gasteiger partial charge on any atom is -0.494 e. The van der Waals surface area contributed by atoms with Crippen LogP contribution in [0.5, 0.6) is 5.75 Å². The highest BCUT2D eigenvalue weighted by atomic mass is 19.4. The average Bonchev–Trinajstić information content (AvgIpc) is 2.24. The first kappa shape index (κ1) is 13.5. The van der Waals surface area contributed by atoms with E-state index < -0.39 is 12.0 Å². The molecule has 0 aliphatic carbocycles. The smallest absolute Gasteiger partial charge is 0.454 e. The Morgan fingerprint density at radius 1 is 1.35 bits per heavy atom. The van der Waals surface area contributed by atoms with Gasteiger partial charge < -0.3 is 4.74 Å². The summed E-state index contributed by atoms with van der Waals surface area (Å²) in [6.45, 7) is 3.87. The quantitative estimate of drug-likeness (QED) is 0.760. The Bertz CT molecular complexity index is 411. The molecule has 0 spiro atoms. The Balaban J connectivity index is 2.94. The van der Waals surface area contributed by atoms with Crippen LogP contribution in [0.15, 0.2) is 18.2 Å². The Morgan fingerprint density at radius 3 is 2.47 bits per heavy atom. The van der Waals surface area contributed by atoms with Gasteiger partial charge in [0.1, 0.15) is 5.75 Å². The first-order valence-electron chi connectivity index (χ1n) is 5.21. The highest BCUT2D eigenvalue weighted by Crippen LogP contribution is 2.25. The summed E-state index contributed by atoms with van der Waals surface area (Å²) >= 11 is 0. The molecular weight excluding hydrogens is 233 g/mol. The van der Waals surface area contributed by atoms with Crippen LogP contribution in [0.2, 0.25) is 0 Å². The summed E-state index contributed by atoms with van der Waals surface area (Å²) in [5.41, 5.74) is -0.0673. The summed E-state index contributed by atoms with van der Waals surface area (Å²) in [7, 11) is 0. The normalized spacial score (nSPS) is 11.4. The van der Waals surface area contributed by atoms with Crippen LogP contribution in [0.3, 0.4) is 0 Å². The second-order valence-electron chi connectivity index (χ2n) is 3.65. The van der Waals surface area contributed by atoms with E-state index >= 15 is 0 Å². The molecule has 94 valence electrons. The number of benzene rings is 1. The number of alkyl halides is 3. The van der Waals surface area contributed by atoms with E-state index in [9.17, 15) is 18.0 Å². The van der Waals surface area contributed by atoms with Gasteiger partial charge in [0.2, 0.25) is 0 Å². The van der Waals surface area contributed by atoms with Gasteiger partial charge in [-0.3, -0.25) is 4.79 Å². The van der Waals surface area contributed by atoms with Gasteiger partial charge in [-0.1, -0.05) is 6.92 Å². The molecule has 0 radical (unpaired) electrons. The Labute approximate surface area is 97.4 Å². The Kier molecular flexibility index (Phi) is 4.15. The summed E-state index contributed by atoms with van der Waals surface area (Å²) in [6, 6.07) is 3.96. The Hall–Kier alpha value is -1.52. The number of hydrogen-bond donors (Lipinski definition) is 0. The van der Waals surface area contributed by atoms with Gasteiger partial charge in [0.15, 0.2) is 0 Å². The van der Waals surface area contributed by atoms with Crippen LogP contribution in [-0.2, 0) is 0 Å². The zero-order chi connectivity index (χ0) is 13.1. The number of carbonyl (C=O) groups is 1. The van der Waals surface area contributed by atoms with Crippen LogP contribution in [0.4, 0.5) is 13.2 Å². The first-order chi connectivity index (χ1) is 7.86. The van der Waals surface area contributed by atoms with E-state index in [2.05, 4.69) is 0 Å². The number of Topliss-reactive ketones (excluding diaryl/α,β-unsaturated/α-hetero) is 1. The van der Waals surface area contributed by atoms with E-state index in [4.69, 9.17) is 4.74 Å². The van der Waals surface area contributed by atoms with E-state index in [-0.39, 0.29) is 11.1 Å². The number of aryl methyl sites for hydroxylation is 1. The molecule has 0 amide bonds. The highest BCUT2D eigenvalue weighted by Gasteiger charge is 2.39. The van der Waals surface area contributed by atoms with E-state index in [1.165, 1.54) is 19.1 Å². The molecule has 0 aliphatic rings. The summed E-state index contributed by atoms with van der Waals surface area (Å²) in [4.78, 5) is 11.0. The Morgan fingerprint density at radius 2 is 2.00 bits per heavy atom. The SMILES string of the molecule is CCCOc1ccc(C(=O)C(F)(F)F)c(C)c1. The van der Waals surface area contributed by atoms with Crippen LogP contribution in [0.1, 0.15) is 29.3 Å². The van der Waals surface area contributed by atoms with Crippen molar-refractivity contribution in [2.24, 2.45) is 0 Å². The third-order valence-electron chi connectivity index (χ3n) is 2.17. The summed E-state index contributed by atoms with van der Waals surface area (Å²) in [5, 5.41) is 0. The molecule has 0 bridgehead atoms. The van der Waals surface area contributed by atoms with E-state index in [1.54, 1.807) is 0 Å². The van der Waals surface area contributed by atoms with Gasteiger partial charge >= 0.3 is 6.18 Å². The molecule has 5 heteroatoms. The largest absolute Gasteiger partial charge is 0.494 e. The van der Waals surface area contributed by atoms with Crippen molar-refractivity contribution in [2.75, 3.05) is 6.61 Å². The predicted octanol–water partition coefficient (Wildman–Crippen LogP) is 3.53. The standard InChI is InChI=1S/C12H13F3O2/c1-3-6-17-9-4-5-10(8(2)7-9)11(16)12(13,14)15/h4-5,7H,3,6H2,1-2H3. The minimum absolute atomic E-state index is 0.265. The molecule has 0 atom stereocenters. The number of ketones is 1. The molecule has 2 nitrogen and oxygen atoms in total. The third-order valence-corrected chi connectivity index (χ3v) is 2.17. The topological polar surface area (TPSA) is 26.3 Å². The van der Waals surface area contributed by atoms with Crippen molar-refractivity contribution in [1.82, 2.24) is 0 Å². The second kappa shape index (κ2) is 5.21. The van der Waals surface area contributed by atoms with Crippen LogP contribution in [-0.4, -0.2) is 18.6 Å². The molecule has 0 aliphatic heterocycles. The lowest BCUT2D eigenvalue weighted by atomic mass is 10.0. The van der Waals surface area contributed by atoms with E-state index in [0.29, 0.717) is 12.4 Å². The van der Waals surface area contributed by atoms with Crippen molar-refractivity contribution < 1.29 is 22.7 Å². The van der Waals surface area contributed by atoms with Gasteiger partial charge in [-0.05, 0) is 37.1 Å². The second-order valence-corrected chi connectivity index (χ2v) is 3.65. The first-order valence-corrected chi connectivity index (χ1v) is 5.21. The number of carbonyl (C=O) groups excluding carboxylic acids is 1. The maximum absolute atomic E-state index is 12.2. The number of hydrogen-bond acceptors (Lipinski definition) is 2. The maximum atomic E-state index is 12.2. The lowest BCUT2D eigenvalue weighted by molar-refractivity contribution is -0.0885. The van der Waals surface area contributed by atoms with Crippen LogP contribution in [0, 0.1) is 6.92 Å². The molecule has 0 fully saturated rings. The zero-order valence-corrected chi connectivity index (χ0v) is 9.60. The van der Waals surface area contributed by atoms with Crippen molar-refractivity contribution >= 4 is 5.78 Å². The van der Waals surface area contributed by atoms with Gasteiger partial charge in [0.05, 0.1) is 6.61 Å². The third kappa shape index (κ3) is 3.47. The monoisotopic (exact) mass is 246 g/mol. The van der Waals surface area contributed by atoms with Crippen LogP contribution >= 0.6 is 0 Å². The summed E-state index contributed by atoms with van der Waals surface area (Å²) < 4.78 is 42.0. The minimum atomic E-state index is -4.84. The molecule has 17 heavy (non-hydrogen) atoms. The van der Waals surface area contributed by atoms with Gasteiger partial charge in [-0.2, -0.15) is 13.2 Å². The van der Waals surface area contributed by atoms with Crippen molar-refractivity contribution in [3.05, 3.63) is 29.3 Å². The number of rotatable bonds is 4. The van der Waals surface area contributed by atoms with Crippen LogP contribution in [0.25, 0.3) is 0 Å². The van der Waals surface area contributed by atoms with Gasteiger partial charge in [-0.25, -0.2) is 0 Å². The number of ether oxygens (including phenoxy) is 1. The number of halogens is 3. The van der Waals surface area contributed by atoms with E-state index in [0.717, 1.165) is 12.5 Å². The van der Waals surface area contributed by atoms with E-state index in [1.807, 2.05) is 6.92 Å². The highest BCUT2D eigenvalue weighted by molar-refractivity contribution is 6.01. The summed E-state index contributed by atoms with van der Waals surface area (Å²) in [5.74, 6) is -1.35. The van der Waals surface area contributed by atoms with Gasteiger partial charge in [0, 0.05) is 5.56 Å². The molecule has 1 aromatic carbocycles. The lowest BCUT2D eigenvalue weighted by Crippen LogP contribution is -2.23. The molecule has 0 heterocycles. The van der Waals surface area contributed by atoms with Crippen LogP contribution < -0.4 is 4.74 Å². The molecule has 1 aromatic rings. The fourth-order valence-corrected chi connectivity index (χ4v) is 1.35. The average molecular weight is 246 g/mol. The molecule has 0 N–H and O–H groups in total. The maximum Gasteiger partial charge on any atom is 0.454 e. The lowest BCUT2D eigenvalue weighted by Gasteiger charge is -2.10. The molecule has 0 aromatic heterocycles. The predicted molar refractivity (Wildman–Crippen MR) is 57.4 cm³/mol. The molecule has 0 saturated heterocycles. The fourth-order valence-electron chi connectivity index (χ4n) is 1.35. The summed E-state index contributed by atoms with van der Waals surface area (Å²) in [6.07, 6.45) is -4.03. The zero-order valence-electron chi connectivity index (χ0n) is 9.60. The van der Waals surface area contributed by atoms with Crippen molar-refractivity contribution in [3.8, 4) is 5.75 Å². The van der Waals surface area contributed by atoms with Crippen molar-refractivity contribution in [1.29, 1.82) is 0 Å². The van der Waals surface area contributed by atoms with Gasteiger partial charge in [0.25, 0.3) is 5.78 Å². The molecular formula is C12H13F3O2. The molecule has 0 unspecified atom stereocenters. The van der Waals surface area contributed by atoms with Crippen molar-refractivity contribution in [2.45, 2.75) is 26.4 Å². The fraction of sp³-hybridized carbons (Fsp3) is 0.417. The van der Waals surface area contributed by atoms with Gasteiger partial charge in [-0.15, -0.1) is 0 Å². The molecule has 1 rings (SSSR count).